The number of hydrogen-bond acceptors (Lipinski definition) is 7. The van der Waals surface area contributed by atoms with Gasteiger partial charge < -0.3 is 35.7 Å². The Morgan fingerprint density at radius 3 is 2.48 bits per heavy atom. The van der Waals surface area contributed by atoms with Gasteiger partial charge in [-0.2, -0.15) is 0 Å². The maximum Gasteiger partial charge on any atom is 0.289 e. The van der Waals surface area contributed by atoms with Crippen LogP contribution in [0.15, 0.2) is 48.5 Å². The van der Waals surface area contributed by atoms with Gasteiger partial charge in [-0.15, -0.1) is 0 Å². The van der Waals surface area contributed by atoms with E-state index in [4.69, 9.17) is 9.47 Å². The number of carbonyl (C=O) groups is 5. The van der Waals surface area contributed by atoms with E-state index in [1.165, 1.54) is 14.2 Å². The Labute approximate surface area is 230 Å². The summed E-state index contributed by atoms with van der Waals surface area (Å²) < 4.78 is 10.6. The molecule has 2 unspecified atom stereocenters. The molecular weight excluding hydrogens is 518 g/mol. The number of aromatic nitrogens is 1. The Morgan fingerprint density at radius 2 is 1.80 bits per heavy atom. The number of aromatic amines is 1. The predicted molar refractivity (Wildman–Crippen MR) is 145 cm³/mol. The van der Waals surface area contributed by atoms with Crippen LogP contribution < -0.4 is 30.7 Å². The number of ketones is 1. The van der Waals surface area contributed by atoms with Gasteiger partial charge in [-0.25, -0.2) is 0 Å². The standard InChI is InChI=1S/C28H31N5O7/c1-39-18-11-20-19(23(12-18)40-2)13-22(32-20)27(37)31-15-24(34)33-21(10-17-8-9-29-26(17)36)25(35)28(38)30-14-16-6-4-3-5-7-16/h3-7,11-13,17,21,32H,8-10,14-15H2,1-2H3,(H,29,36)(H,30,38)(H,31,37)(H,33,34). The van der Waals surface area contributed by atoms with E-state index in [0.717, 1.165) is 5.56 Å². The minimum Gasteiger partial charge on any atom is -0.497 e. The number of hydrogen-bond donors (Lipinski definition) is 5. The molecule has 0 saturated carbocycles. The molecule has 1 aliphatic rings. The molecule has 1 aromatic heterocycles. The van der Waals surface area contributed by atoms with E-state index < -0.39 is 42.0 Å². The fourth-order valence-corrected chi connectivity index (χ4v) is 4.50. The zero-order chi connectivity index (χ0) is 28.6. The first-order valence-electron chi connectivity index (χ1n) is 12.7. The number of fused-ring (bicyclic) bond motifs is 1. The number of methoxy groups -OCH3 is 2. The van der Waals surface area contributed by atoms with Crippen molar-refractivity contribution in [2.75, 3.05) is 27.3 Å². The molecule has 1 fully saturated rings. The lowest BCUT2D eigenvalue weighted by Gasteiger charge is -2.20. The number of amides is 4. The lowest BCUT2D eigenvalue weighted by Crippen LogP contribution is -2.51. The van der Waals surface area contributed by atoms with Gasteiger partial charge in [0, 0.05) is 36.5 Å². The number of Topliss-reactive ketones (excluding diaryl/α,β-unsaturated/α-hetero) is 1. The van der Waals surface area contributed by atoms with Crippen LogP contribution in [0.1, 0.15) is 28.9 Å². The molecule has 2 heterocycles. The van der Waals surface area contributed by atoms with Crippen molar-refractivity contribution in [2.45, 2.75) is 25.4 Å². The molecule has 1 saturated heterocycles. The largest absolute Gasteiger partial charge is 0.497 e. The minimum atomic E-state index is -1.24. The topological polar surface area (TPSA) is 168 Å². The maximum absolute atomic E-state index is 13.0. The number of nitrogens with one attached hydrogen (secondary N) is 5. The normalized spacial score (nSPS) is 15.2. The summed E-state index contributed by atoms with van der Waals surface area (Å²) in [6.45, 7) is 0.129. The van der Waals surface area contributed by atoms with Crippen LogP contribution in [0.3, 0.4) is 0 Å². The zero-order valence-corrected chi connectivity index (χ0v) is 22.2. The van der Waals surface area contributed by atoms with E-state index in [2.05, 4.69) is 26.3 Å². The fraction of sp³-hybridized carbons (Fsp3) is 0.321. The Hall–Kier alpha value is -4.87. The van der Waals surface area contributed by atoms with Crippen LogP contribution in [-0.4, -0.2) is 67.7 Å². The number of ether oxygens (including phenoxy) is 2. The summed E-state index contributed by atoms with van der Waals surface area (Å²) in [5.74, 6) is -2.71. The molecule has 40 heavy (non-hydrogen) atoms. The second-order valence-electron chi connectivity index (χ2n) is 9.32. The molecule has 2 atom stereocenters. The van der Waals surface area contributed by atoms with Gasteiger partial charge >= 0.3 is 0 Å². The second kappa shape index (κ2) is 12.8. The van der Waals surface area contributed by atoms with Gasteiger partial charge in [-0.1, -0.05) is 30.3 Å². The van der Waals surface area contributed by atoms with E-state index in [0.29, 0.717) is 35.4 Å². The highest BCUT2D eigenvalue weighted by molar-refractivity contribution is 6.38. The van der Waals surface area contributed by atoms with Crippen molar-refractivity contribution < 1.29 is 33.4 Å². The van der Waals surface area contributed by atoms with Gasteiger partial charge in [0.1, 0.15) is 17.2 Å². The van der Waals surface area contributed by atoms with Gasteiger partial charge in [0.05, 0.1) is 32.3 Å². The summed E-state index contributed by atoms with van der Waals surface area (Å²) in [5, 5.41) is 10.9. The first kappa shape index (κ1) is 28.1. The highest BCUT2D eigenvalue weighted by Gasteiger charge is 2.34. The number of H-pyrrole nitrogens is 1. The molecule has 4 rings (SSSR count). The molecule has 4 amide bonds. The van der Waals surface area contributed by atoms with Crippen LogP contribution in [-0.2, 0) is 25.7 Å². The third-order valence-electron chi connectivity index (χ3n) is 6.64. The molecule has 0 radical (unpaired) electrons. The Bertz CT molecular complexity index is 1420. The fourth-order valence-electron chi connectivity index (χ4n) is 4.50. The van der Waals surface area contributed by atoms with Crippen LogP contribution in [0.25, 0.3) is 10.9 Å². The van der Waals surface area contributed by atoms with Crippen molar-refractivity contribution in [3.8, 4) is 11.5 Å². The Kier molecular flexibility index (Phi) is 9.00. The molecule has 1 aliphatic heterocycles. The molecule has 5 N–H and O–H groups in total. The summed E-state index contributed by atoms with van der Waals surface area (Å²) in [4.78, 5) is 66.2. The smallest absolute Gasteiger partial charge is 0.289 e. The van der Waals surface area contributed by atoms with Gasteiger partial charge in [0.25, 0.3) is 11.8 Å². The quantitative estimate of drug-likeness (QED) is 0.208. The highest BCUT2D eigenvalue weighted by Crippen LogP contribution is 2.31. The van der Waals surface area contributed by atoms with Crippen LogP contribution >= 0.6 is 0 Å². The van der Waals surface area contributed by atoms with Crippen molar-refractivity contribution in [1.29, 1.82) is 0 Å². The molecule has 12 nitrogen and oxygen atoms in total. The van der Waals surface area contributed by atoms with Crippen molar-refractivity contribution in [3.63, 3.8) is 0 Å². The van der Waals surface area contributed by atoms with E-state index >= 15 is 0 Å². The summed E-state index contributed by atoms with van der Waals surface area (Å²) in [6, 6.07) is 12.8. The molecule has 3 aromatic rings. The maximum atomic E-state index is 13.0. The number of rotatable bonds is 12. The third-order valence-corrected chi connectivity index (χ3v) is 6.64. The summed E-state index contributed by atoms with van der Waals surface area (Å²) >= 11 is 0. The minimum absolute atomic E-state index is 0.0350. The van der Waals surface area contributed by atoms with Crippen LogP contribution in [0.4, 0.5) is 0 Å². The van der Waals surface area contributed by atoms with Gasteiger partial charge in [0.2, 0.25) is 17.6 Å². The van der Waals surface area contributed by atoms with Crippen LogP contribution in [0.2, 0.25) is 0 Å². The Morgan fingerprint density at radius 1 is 1.02 bits per heavy atom. The zero-order valence-electron chi connectivity index (χ0n) is 22.2. The number of carbonyl (C=O) groups excluding carboxylic acids is 5. The molecule has 0 spiro atoms. The van der Waals surface area contributed by atoms with Gasteiger partial charge in [-0.05, 0) is 24.5 Å². The Balaban J connectivity index is 1.39. The lowest BCUT2D eigenvalue weighted by atomic mass is 9.95. The monoisotopic (exact) mass is 549 g/mol. The predicted octanol–water partition coefficient (Wildman–Crippen LogP) is 0.811. The van der Waals surface area contributed by atoms with Gasteiger partial charge in [0.15, 0.2) is 0 Å². The van der Waals surface area contributed by atoms with Crippen molar-refractivity contribution in [2.24, 2.45) is 5.92 Å². The SMILES string of the molecule is COc1cc(OC)c2cc(C(=O)NCC(=O)NC(CC3CCNC3=O)C(=O)C(=O)NCc3ccccc3)[nH]c2c1. The summed E-state index contributed by atoms with van der Waals surface area (Å²) in [6.07, 6.45) is 0.447. The molecule has 12 heteroatoms. The second-order valence-corrected chi connectivity index (χ2v) is 9.32. The van der Waals surface area contributed by atoms with Gasteiger partial charge in [-0.3, -0.25) is 24.0 Å². The first-order chi connectivity index (χ1) is 19.3. The van der Waals surface area contributed by atoms with Crippen molar-refractivity contribution >= 4 is 40.3 Å². The van der Waals surface area contributed by atoms with E-state index in [1.54, 1.807) is 30.3 Å². The van der Waals surface area contributed by atoms with Crippen molar-refractivity contribution in [1.82, 2.24) is 26.3 Å². The molecule has 2 aromatic carbocycles. The lowest BCUT2D eigenvalue weighted by molar-refractivity contribution is -0.140. The summed E-state index contributed by atoms with van der Waals surface area (Å²) in [7, 11) is 3.01. The highest BCUT2D eigenvalue weighted by atomic mass is 16.5. The average molecular weight is 550 g/mol. The number of benzene rings is 2. The molecule has 0 aliphatic carbocycles. The summed E-state index contributed by atoms with van der Waals surface area (Å²) in [5.41, 5.74) is 1.59. The van der Waals surface area contributed by atoms with Crippen molar-refractivity contribution in [3.05, 3.63) is 59.8 Å². The van der Waals surface area contributed by atoms with E-state index in [-0.39, 0.29) is 24.6 Å². The van der Waals surface area contributed by atoms with Crippen LogP contribution in [0, 0.1) is 5.92 Å². The van der Waals surface area contributed by atoms with E-state index in [9.17, 15) is 24.0 Å². The van der Waals surface area contributed by atoms with E-state index in [1.807, 2.05) is 18.2 Å². The first-order valence-corrected chi connectivity index (χ1v) is 12.7. The average Bonchev–Trinajstić information content (AvgIpc) is 3.59. The van der Waals surface area contributed by atoms with Crippen LogP contribution in [0.5, 0.6) is 11.5 Å². The molecule has 210 valence electrons. The molecular formula is C28H31N5O7. The molecule has 0 bridgehead atoms. The third kappa shape index (κ3) is 6.76.